The first-order valence-electron chi connectivity index (χ1n) is 9.95. The molecule has 1 heterocycles. The molecule has 0 atom stereocenters. The Kier molecular flexibility index (Phi) is 5.94. The fourth-order valence-corrected chi connectivity index (χ4v) is 5.08. The Hall–Kier alpha value is -2.94. The Balaban J connectivity index is 1.63. The first-order chi connectivity index (χ1) is 15.2. The van der Waals surface area contributed by atoms with Gasteiger partial charge in [-0.2, -0.15) is 12.8 Å². The molecule has 3 aromatic rings. The Morgan fingerprint density at radius 3 is 2.50 bits per heavy atom. The second-order valence-electron chi connectivity index (χ2n) is 7.72. The van der Waals surface area contributed by atoms with E-state index in [4.69, 9.17) is 11.6 Å². The molecule has 0 aliphatic carbocycles. The number of hydrogen-bond donors (Lipinski definition) is 2. The van der Waals surface area contributed by atoms with Crippen LogP contribution in [0.3, 0.4) is 0 Å². The third-order valence-electron chi connectivity index (χ3n) is 5.25. The van der Waals surface area contributed by atoms with Crippen molar-refractivity contribution in [3.63, 3.8) is 0 Å². The molecular weight excluding hydrogens is 453 g/mol. The van der Waals surface area contributed by atoms with Crippen molar-refractivity contribution in [2.75, 3.05) is 9.73 Å². The number of carbonyl (C=O) groups excluding carboxylic acids is 1. The molecule has 0 radical (unpaired) electrons. The van der Waals surface area contributed by atoms with Gasteiger partial charge in [0.2, 0.25) is 0 Å². The number of fused-ring (bicyclic) bond motifs is 1. The second-order valence-corrected chi connectivity index (χ2v) is 9.92. The van der Waals surface area contributed by atoms with Crippen molar-refractivity contribution < 1.29 is 17.6 Å². The van der Waals surface area contributed by atoms with Crippen LogP contribution in [-0.2, 0) is 16.6 Å². The SMILES string of the molecule is CC(C)c1ccc(S(=O)(=O)N2NCc3ccc(NC(=O)c4c(F)cccc4Cl)cc32)cc1. The molecular formula is C23H21ClFN3O3S. The Morgan fingerprint density at radius 2 is 1.84 bits per heavy atom. The van der Waals surface area contributed by atoms with Gasteiger partial charge in [0.15, 0.2) is 0 Å². The van der Waals surface area contributed by atoms with Gasteiger partial charge >= 0.3 is 0 Å². The highest BCUT2D eigenvalue weighted by molar-refractivity contribution is 7.92. The minimum Gasteiger partial charge on any atom is -0.322 e. The van der Waals surface area contributed by atoms with E-state index in [1.807, 2.05) is 13.8 Å². The molecule has 0 fully saturated rings. The third kappa shape index (κ3) is 4.09. The van der Waals surface area contributed by atoms with Gasteiger partial charge in [0.05, 0.1) is 21.2 Å². The van der Waals surface area contributed by atoms with Crippen LogP contribution in [0.15, 0.2) is 65.6 Å². The molecule has 4 rings (SSSR count). The summed E-state index contributed by atoms with van der Waals surface area (Å²) in [6.07, 6.45) is 0. The number of hydrogen-bond acceptors (Lipinski definition) is 4. The molecule has 0 spiro atoms. The molecule has 2 N–H and O–H groups in total. The summed E-state index contributed by atoms with van der Waals surface area (Å²) < 4.78 is 41.6. The van der Waals surface area contributed by atoms with Crippen LogP contribution in [0, 0.1) is 5.82 Å². The highest BCUT2D eigenvalue weighted by Crippen LogP contribution is 2.33. The summed E-state index contributed by atoms with van der Waals surface area (Å²) in [7, 11) is -3.88. The number of amides is 1. The maximum atomic E-state index is 14.1. The van der Waals surface area contributed by atoms with Gasteiger partial charge < -0.3 is 5.32 Å². The summed E-state index contributed by atoms with van der Waals surface area (Å²) in [5.41, 5.74) is 5.08. The van der Waals surface area contributed by atoms with Crippen molar-refractivity contribution in [1.29, 1.82) is 0 Å². The van der Waals surface area contributed by atoms with Crippen LogP contribution in [0.1, 0.15) is 41.3 Å². The normalized spacial score (nSPS) is 13.3. The minimum atomic E-state index is -3.88. The first-order valence-corrected chi connectivity index (χ1v) is 11.8. The zero-order chi connectivity index (χ0) is 23.0. The number of nitrogens with zero attached hydrogens (tertiary/aromatic N) is 1. The summed E-state index contributed by atoms with van der Waals surface area (Å²) in [6.45, 7) is 4.38. The molecule has 3 aromatic carbocycles. The van der Waals surface area contributed by atoms with Gasteiger partial charge in [0.1, 0.15) is 5.82 Å². The van der Waals surface area contributed by atoms with E-state index in [9.17, 15) is 17.6 Å². The molecule has 32 heavy (non-hydrogen) atoms. The monoisotopic (exact) mass is 473 g/mol. The molecule has 1 aliphatic rings. The van der Waals surface area contributed by atoms with E-state index in [1.165, 1.54) is 18.2 Å². The van der Waals surface area contributed by atoms with Crippen LogP contribution >= 0.6 is 11.6 Å². The van der Waals surface area contributed by atoms with Gasteiger partial charge in [-0.05, 0) is 53.4 Å². The van der Waals surface area contributed by atoms with Crippen molar-refractivity contribution in [3.05, 3.63) is 88.2 Å². The van der Waals surface area contributed by atoms with Crippen LogP contribution in [0.2, 0.25) is 5.02 Å². The quantitative estimate of drug-likeness (QED) is 0.542. The lowest BCUT2D eigenvalue weighted by atomic mass is 10.0. The fraction of sp³-hybridized carbons (Fsp3) is 0.174. The lowest BCUT2D eigenvalue weighted by molar-refractivity contribution is 0.102. The summed E-state index contributed by atoms with van der Waals surface area (Å²) >= 11 is 5.97. The highest BCUT2D eigenvalue weighted by Gasteiger charge is 2.31. The highest BCUT2D eigenvalue weighted by atomic mass is 35.5. The minimum absolute atomic E-state index is 0.0145. The van der Waals surface area contributed by atoms with E-state index in [1.54, 1.807) is 36.4 Å². The smallest absolute Gasteiger partial charge is 0.277 e. The molecule has 0 aromatic heterocycles. The number of carbonyl (C=O) groups is 1. The molecule has 0 bridgehead atoms. The van der Waals surface area contributed by atoms with Gasteiger partial charge in [-0.3, -0.25) is 4.79 Å². The van der Waals surface area contributed by atoms with Gasteiger partial charge in [0, 0.05) is 12.2 Å². The molecule has 1 aliphatic heterocycles. The van der Waals surface area contributed by atoms with Crippen molar-refractivity contribution >= 4 is 38.9 Å². The third-order valence-corrected chi connectivity index (χ3v) is 7.24. The number of anilines is 2. The zero-order valence-electron chi connectivity index (χ0n) is 17.4. The van der Waals surface area contributed by atoms with E-state index in [0.29, 0.717) is 17.9 Å². The van der Waals surface area contributed by atoms with E-state index < -0.39 is 21.7 Å². The molecule has 0 saturated heterocycles. The Bertz CT molecular complexity index is 1270. The van der Waals surface area contributed by atoms with Gasteiger partial charge in [-0.1, -0.05) is 49.7 Å². The van der Waals surface area contributed by atoms with Crippen LogP contribution in [0.5, 0.6) is 0 Å². The maximum absolute atomic E-state index is 14.1. The largest absolute Gasteiger partial charge is 0.322 e. The van der Waals surface area contributed by atoms with Crippen molar-refractivity contribution in [2.24, 2.45) is 0 Å². The number of nitrogens with one attached hydrogen (secondary N) is 2. The lowest BCUT2D eigenvalue weighted by Crippen LogP contribution is -2.38. The predicted octanol–water partition coefficient (Wildman–Crippen LogP) is 5.07. The maximum Gasteiger partial charge on any atom is 0.277 e. The molecule has 0 unspecified atom stereocenters. The summed E-state index contributed by atoms with van der Waals surface area (Å²) in [6, 6.07) is 15.6. The molecule has 6 nitrogen and oxygen atoms in total. The van der Waals surface area contributed by atoms with Gasteiger partial charge in [-0.25, -0.2) is 9.82 Å². The van der Waals surface area contributed by atoms with E-state index in [0.717, 1.165) is 21.6 Å². The predicted molar refractivity (Wildman–Crippen MR) is 123 cm³/mol. The van der Waals surface area contributed by atoms with E-state index in [-0.39, 0.29) is 21.4 Å². The summed E-state index contributed by atoms with van der Waals surface area (Å²) in [5, 5.41) is 2.57. The zero-order valence-corrected chi connectivity index (χ0v) is 19.0. The standard InChI is InChI=1S/C23H21ClFN3O3S/c1-14(2)15-7-10-18(11-8-15)32(30,31)28-21-12-17(9-6-16(21)13-26-28)27-23(29)22-19(24)4-3-5-20(22)25/h3-12,14,26H,13H2,1-2H3,(H,27,29). The van der Waals surface area contributed by atoms with Crippen molar-refractivity contribution in [2.45, 2.75) is 31.2 Å². The summed E-state index contributed by atoms with van der Waals surface area (Å²) in [5.74, 6) is -1.18. The number of benzene rings is 3. The number of hydrazine groups is 1. The Labute approximate surface area is 191 Å². The van der Waals surface area contributed by atoms with Crippen molar-refractivity contribution in [1.82, 2.24) is 5.43 Å². The van der Waals surface area contributed by atoms with Crippen LogP contribution in [0.4, 0.5) is 15.8 Å². The average Bonchev–Trinajstić information content (AvgIpc) is 3.18. The van der Waals surface area contributed by atoms with Crippen LogP contribution in [-0.4, -0.2) is 14.3 Å². The number of sulfonamides is 1. The second kappa shape index (κ2) is 8.54. The number of halogens is 2. The molecule has 166 valence electrons. The Morgan fingerprint density at radius 1 is 1.12 bits per heavy atom. The van der Waals surface area contributed by atoms with Gasteiger partial charge in [-0.15, -0.1) is 0 Å². The van der Waals surface area contributed by atoms with Crippen LogP contribution < -0.4 is 15.2 Å². The molecule has 9 heteroatoms. The number of rotatable bonds is 5. The van der Waals surface area contributed by atoms with Gasteiger partial charge in [0.25, 0.3) is 15.9 Å². The van der Waals surface area contributed by atoms with E-state index in [2.05, 4.69) is 10.7 Å². The topological polar surface area (TPSA) is 78.5 Å². The summed E-state index contributed by atoms with van der Waals surface area (Å²) in [4.78, 5) is 12.7. The first kappa shape index (κ1) is 22.3. The fourth-order valence-electron chi connectivity index (χ4n) is 3.48. The lowest BCUT2D eigenvalue weighted by Gasteiger charge is -2.20. The average molecular weight is 474 g/mol. The molecule has 0 saturated carbocycles. The van der Waals surface area contributed by atoms with E-state index >= 15 is 0 Å². The molecule has 1 amide bonds. The van der Waals surface area contributed by atoms with Crippen molar-refractivity contribution in [3.8, 4) is 0 Å². The van der Waals surface area contributed by atoms with Crippen LogP contribution in [0.25, 0.3) is 0 Å².